The molecule has 1 rings (SSSR count). The maximum atomic E-state index is 12.1. The molecule has 118 valence electrons. The van der Waals surface area contributed by atoms with Crippen LogP contribution in [0.25, 0.3) is 0 Å². The first-order valence-electron chi connectivity index (χ1n) is 6.53. The Bertz CT molecular complexity index is 501. The molecule has 1 aromatic carbocycles. The Morgan fingerprint density at radius 2 is 1.95 bits per heavy atom. The van der Waals surface area contributed by atoms with Crippen molar-refractivity contribution in [3.05, 3.63) is 23.8 Å². The summed E-state index contributed by atoms with van der Waals surface area (Å²) in [6, 6.07) is 3.44. The number of hydrogen-bond donors (Lipinski definition) is 2. The molecule has 4 nitrogen and oxygen atoms in total. The second kappa shape index (κ2) is 6.69. The molecule has 0 aromatic heterocycles. The number of nitrogen functional groups attached to an aromatic ring is 1. The van der Waals surface area contributed by atoms with Gasteiger partial charge in [-0.3, -0.25) is 4.79 Å². The molecule has 0 saturated heterocycles. The Morgan fingerprint density at radius 3 is 2.43 bits per heavy atom. The van der Waals surface area contributed by atoms with E-state index in [0.717, 1.165) is 12.1 Å². The van der Waals surface area contributed by atoms with E-state index in [1.54, 1.807) is 0 Å². The molecule has 0 heterocycles. The number of nitrogens with two attached hydrogens (primary N) is 1. The first kappa shape index (κ1) is 17.1. The molecule has 1 unspecified atom stereocenters. The fourth-order valence-corrected chi connectivity index (χ4v) is 1.50. The average molecular weight is 304 g/mol. The van der Waals surface area contributed by atoms with E-state index in [0.29, 0.717) is 18.4 Å². The van der Waals surface area contributed by atoms with Crippen molar-refractivity contribution in [1.82, 2.24) is 5.32 Å². The number of carbonyl (C=O) groups is 1. The van der Waals surface area contributed by atoms with Gasteiger partial charge in [0.2, 0.25) is 0 Å². The highest BCUT2D eigenvalue weighted by Gasteiger charge is 2.32. The summed E-state index contributed by atoms with van der Waals surface area (Å²) in [5.74, 6) is -0.195. The Hall–Kier alpha value is -1.92. The van der Waals surface area contributed by atoms with Gasteiger partial charge in [-0.25, -0.2) is 0 Å². The molecule has 0 aliphatic rings. The van der Waals surface area contributed by atoms with E-state index in [1.807, 2.05) is 20.8 Å². The molecule has 0 aliphatic heterocycles. The van der Waals surface area contributed by atoms with E-state index in [-0.39, 0.29) is 17.2 Å². The van der Waals surface area contributed by atoms with Crippen molar-refractivity contribution >= 4 is 11.6 Å². The zero-order chi connectivity index (χ0) is 16.2. The molecule has 0 aliphatic carbocycles. The summed E-state index contributed by atoms with van der Waals surface area (Å²) in [7, 11) is 0. The molecular weight excluding hydrogens is 285 g/mol. The smallest absolute Gasteiger partial charge is 0.404 e. The quantitative estimate of drug-likeness (QED) is 0.821. The third-order valence-corrected chi connectivity index (χ3v) is 3.22. The molecule has 0 fully saturated rings. The van der Waals surface area contributed by atoms with Gasteiger partial charge in [0, 0.05) is 12.1 Å². The lowest BCUT2D eigenvalue weighted by molar-refractivity contribution is -0.274. The molecule has 7 heteroatoms. The monoisotopic (exact) mass is 304 g/mol. The molecular formula is C14H19F3N2O2. The first-order chi connectivity index (χ1) is 9.60. The normalized spacial score (nSPS) is 13.1. The minimum Gasteiger partial charge on any atom is -0.404 e. The molecule has 0 bridgehead atoms. The summed E-state index contributed by atoms with van der Waals surface area (Å²) < 4.78 is 40.1. The van der Waals surface area contributed by atoms with Gasteiger partial charge in [-0.1, -0.05) is 20.8 Å². The predicted molar refractivity (Wildman–Crippen MR) is 73.9 cm³/mol. The van der Waals surface area contributed by atoms with E-state index in [4.69, 9.17) is 5.73 Å². The number of benzene rings is 1. The van der Waals surface area contributed by atoms with Crippen LogP contribution in [-0.4, -0.2) is 18.8 Å². The lowest BCUT2D eigenvalue weighted by Crippen LogP contribution is -2.30. The van der Waals surface area contributed by atoms with Crippen LogP contribution >= 0.6 is 0 Å². The summed E-state index contributed by atoms with van der Waals surface area (Å²) in [6.45, 7) is 6.56. The van der Waals surface area contributed by atoms with Gasteiger partial charge < -0.3 is 15.8 Å². The van der Waals surface area contributed by atoms with Gasteiger partial charge >= 0.3 is 6.36 Å². The highest BCUT2D eigenvalue weighted by atomic mass is 19.4. The highest BCUT2D eigenvalue weighted by Crippen LogP contribution is 2.28. The fourth-order valence-electron chi connectivity index (χ4n) is 1.50. The van der Waals surface area contributed by atoms with Crippen LogP contribution in [0.15, 0.2) is 18.2 Å². The van der Waals surface area contributed by atoms with E-state index in [1.165, 1.54) is 6.07 Å². The maximum Gasteiger partial charge on any atom is 0.573 e. The topological polar surface area (TPSA) is 64.3 Å². The summed E-state index contributed by atoms with van der Waals surface area (Å²) in [5.41, 5.74) is 5.42. The number of halogens is 3. The Morgan fingerprint density at radius 1 is 1.33 bits per heavy atom. The van der Waals surface area contributed by atoms with E-state index >= 15 is 0 Å². The lowest BCUT2D eigenvalue weighted by Gasteiger charge is -2.16. The van der Waals surface area contributed by atoms with E-state index in [9.17, 15) is 18.0 Å². The Labute approximate surface area is 121 Å². The predicted octanol–water partition coefficient (Wildman–Crippen LogP) is 3.19. The third-order valence-electron chi connectivity index (χ3n) is 3.22. The number of alkyl halides is 3. The second-order valence-corrected chi connectivity index (χ2v) is 5.23. The summed E-state index contributed by atoms with van der Waals surface area (Å²) in [6.07, 6.45) is -4.81. The van der Waals surface area contributed by atoms with Crippen molar-refractivity contribution in [3.63, 3.8) is 0 Å². The SMILES string of the molecule is CC(C)C(C)CNC(=O)c1ccc(OC(F)(F)F)c(N)c1. The van der Waals surface area contributed by atoms with Gasteiger partial charge in [-0.15, -0.1) is 13.2 Å². The van der Waals surface area contributed by atoms with Crippen LogP contribution in [0.2, 0.25) is 0 Å². The summed E-state index contributed by atoms with van der Waals surface area (Å²) in [5, 5.41) is 2.72. The Balaban J connectivity index is 2.72. The summed E-state index contributed by atoms with van der Waals surface area (Å²) in [4.78, 5) is 11.9. The minimum absolute atomic E-state index is 0.193. The van der Waals surface area contributed by atoms with Crippen LogP contribution in [0.5, 0.6) is 5.75 Å². The van der Waals surface area contributed by atoms with Crippen molar-refractivity contribution in [1.29, 1.82) is 0 Å². The van der Waals surface area contributed by atoms with Crippen molar-refractivity contribution in [2.45, 2.75) is 27.1 Å². The van der Waals surface area contributed by atoms with Gasteiger partial charge in [-0.05, 0) is 30.0 Å². The van der Waals surface area contributed by atoms with Crippen LogP contribution in [-0.2, 0) is 0 Å². The van der Waals surface area contributed by atoms with Crippen LogP contribution in [0.3, 0.4) is 0 Å². The van der Waals surface area contributed by atoms with E-state index in [2.05, 4.69) is 10.1 Å². The van der Waals surface area contributed by atoms with Crippen LogP contribution in [0.1, 0.15) is 31.1 Å². The molecule has 21 heavy (non-hydrogen) atoms. The summed E-state index contributed by atoms with van der Waals surface area (Å²) >= 11 is 0. The van der Waals surface area contributed by atoms with Crippen LogP contribution in [0.4, 0.5) is 18.9 Å². The number of ether oxygens (including phenoxy) is 1. The fraction of sp³-hybridized carbons (Fsp3) is 0.500. The van der Waals surface area contributed by atoms with Crippen molar-refractivity contribution in [2.75, 3.05) is 12.3 Å². The van der Waals surface area contributed by atoms with Crippen molar-refractivity contribution < 1.29 is 22.7 Å². The highest BCUT2D eigenvalue weighted by molar-refractivity contribution is 5.95. The molecule has 1 atom stereocenters. The molecule has 3 N–H and O–H groups in total. The van der Waals surface area contributed by atoms with Gasteiger partial charge in [0.1, 0.15) is 0 Å². The third kappa shape index (κ3) is 5.53. The molecule has 1 aromatic rings. The van der Waals surface area contributed by atoms with Gasteiger partial charge in [0.15, 0.2) is 5.75 Å². The lowest BCUT2D eigenvalue weighted by atomic mass is 9.98. The van der Waals surface area contributed by atoms with E-state index < -0.39 is 12.1 Å². The first-order valence-corrected chi connectivity index (χ1v) is 6.53. The average Bonchev–Trinajstić information content (AvgIpc) is 2.36. The zero-order valence-electron chi connectivity index (χ0n) is 12.1. The maximum absolute atomic E-state index is 12.1. The second-order valence-electron chi connectivity index (χ2n) is 5.23. The molecule has 0 saturated carbocycles. The zero-order valence-corrected chi connectivity index (χ0v) is 12.1. The van der Waals surface area contributed by atoms with Gasteiger partial charge in [-0.2, -0.15) is 0 Å². The van der Waals surface area contributed by atoms with Crippen LogP contribution in [0, 0.1) is 11.8 Å². The standard InChI is InChI=1S/C14H19F3N2O2/c1-8(2)9(3)7-19-13(20)10-4-5-12(11(18)6-10)21-14(15,16)17/h4-6,8-9H,7,18H2,1-3H3,(H,19,20). The van der Waals surface area contributed by atoms with Gasteiger partial charge in [0.25, 0.3) is 5.91 Å². The molecule has 1 amide bonds. The number of rotatable bonds is 5. The van der Waals surface area contributed by atoms with Crippen LogP contribution < -0.4 is 15.8 Å². The number of carbonyl (C=O) groups excluding carboxylic acids is 1. The minimum atomic E-state index is -4.81. The molecule has 0 radical (unpaired) electrons. The largest absolute Gasteiger partial charge is 0.573 e. The van der Waals surface area contributed by atoms with Crippen molar-refractivity contribution in [3.8, 4) is 5.75 Å². The number of nitrogens with one attached hydrogen (secondary N) is 1. The van der Waals surface area contributed by atoms with Crippen molar-refractivity contribution in [2.24, 2.45) is 11.8 Å². The molecule has 0 spiro atoms. The Kier molecular flexibility index (Phi) is 5.46. The van der Waals surface area contributed by atoms with Gasteiger partial charge in [0.05, 0.1) is 5.69 Å². The number of amides is 1. The number of anilines is 1. The number of hydrogen-bond acceptors (Lipinski definition) is 3.